The molecule has 0 atom stereocenters. The van der Waals surface area contributed by atoms with Crippen molar-refractivity contribution in [1.82, 2.24) is 9.97 Å². The quantitative estimate of drug-likeness (QED) is 0.248. The molecule has 0 spiro atoms. The number of aromatic nitrogens is 2. The van der Waals surface area contributed by atoms with Crippen LogP contribution < -0.4 is 13.1 Å². The van der Waals surface area contributed by atoms with Gasteiger partial charge in [0.1, 0.15) is 35.2 Å². The fraction of sp³-hybridized carbons (Fsp3) is 0.115. The smallest absolute Gasteiger partial charge is 0.343 e. The minimum Gasteiger partial charge on any atom is -0.484 e. The molecule has 0 unspecified atom stereocenters. The molecular formula is C26H22N2O9S2. The summed E-state index contributed by atoms with van der Waals surface area (Å²) in [5.74, 6) is -3.96. The van der Waals surface area contributed by atoms with Crippen molar-refractivity contribution in [2.24, 2.45) is 0 Å². The van der Waals surface area contributed by atoms with Crippen LogP contribution in [-0.2, 0) is 38.3 Å². The van der Waals surface area contributed by atoms with Gasteiger partial charge in [-0.1, -0.05) is 60.7 Å². The van der Waals surface area contributed by atoms with E-state index in [0.717, 1.165) is 12.1 Å². The van der Waals surface area contributed by atoms with Gasteiger partial charge in [0.15, 0.2) is 11.6 Å². The molecule has 0 amide bonds. The predicted octanol–water partition coefficient (Wildman–Crippen LogP) is 3.57. The summed E-state index contributed by atoms with van der Waals surface area (Å²) in [6.45, 7) is -0.308. The highest BCUT2D eigenvalue weighted by atomic mass is 32.2. The number of hydrogen-bond acceptors (Lipinski definition) is 10. The molecule has 1 N–H and O–H groups in total. The van der Waals surface area contributed by atoms with E-state index in [4.69, 9.17) is 13.1 Å². The number of aromatic carboxylic acids is 1. The average molecular weight is 571 g/mol. The van der Waals surface area contributed by atoms with E-state index in [0.29, 0.717) is 11.1 Å². The molecule has 39 heavy (non-hydrogen) atoms. The van der Waals surface area contributed by atoms with Gasteiger partial charge in [-0.3, -0.25) is 0 Å². The monoisotopic (exact) mass is 570 g/mol. The van der Waals surface area contributed by atoms with Crippen LogP contribution in [0.2, 0.25) is 0 Å². The Hall–Kier alpha value is -4.49. The number of nitrogens with zero attached hydrogens (tertiary/aromatic N) is 2. The second kappa shape index (κ2) is 11.9. The third-order valence-corrected chi connectivity index (χ3v) is 7.30. The van der Waals surface area contributed by atoms with Crippen molar-refractivity contribution < 1.29 is 39.8 Å². The van der Waals surface area contributed by atoms with Gasteiger partial charge in [0.2, 0.25) is 0 Å². The number of carboxylic acid groups (broad SMARTS) is 1. The van der Waals surface area contributed by atoms with E-state index in [-0.39, 0.29) is 12.4 Å². The van der Waals surface area contributed by atoms with Crippen molar-refractivity contribution in [3.8, 4) is 17.2 Å². The molecule has 3 aromatic carbocycles. The summed E-state index contributed by atoms with van der Waals surface area (Å²) in [4.78, 5) is 20.2. The molecule has 4 aromatic rings. The predicted molar refractivity (Wildman–Crippen MR) is 139 cm³/mol. The Kier molecular flexibility index (Phi) is 8.42. The van der Waals surface area contributed by atoms with Crippen molar-refractivity contribution in [1.29, 1.82) is 0 Å². The van der Waals surface area contributed by atoms with E-state index < -0.39 is 60.5 Å². The number of carboxylic acids is 1. The van der Waals surface area contributed by atoms with E-state index in [1.165, 1.54) is 12.4 Å². The van der Waals surface area contributed by atoms with Gasteiger partial charge in [0.25, 0.3) is 0 Å². The van der Waals surface area contributed by atoms with Gasteiger partial charge in [-0.25, -0.2) is 14.8 Å². The summed E-state index contributed by atoms with van der Waals surface area (Å²) >= 11 is 0. The second-order valence-electron chi connectivity index (χ2n) is 8.10. The Balaban J connectivity index is 1.71. The SMILES string of the molecule is O=C(O)c1c(OCc2ncccn2)cc(OS(=O)(=O)Cc2ccccc2)cc1OS(=O)(=O)Cc1ccccc1. The maximum atomic E-state index is 12.8. The Morgan fingerprint density at radius 3 is 1.77 bits per heavy atom. The van der Waals surface area contributed by atoms with Crippen molar-refractivity contribution in [2.45, 2.75) is 18.1 Å². The van der Waals surface area contributed by atoms with Crippen LogP contribution in [0, 0.1) is 0 Å². The Bertz CT molecular complexity index is 1650. The van der Waals surface area contributed by atoms with Gasteiger partial charge in [0.05, 0.1) is 0 Å². The van der Waals surface area contributed by atoms with Gasteiger partial charge in [0, 0.05) is 24.5 Å². The van der Waals surface area contributed by atoms with E-state index in [1.54, 1.807) is 66.7 Å². The molecule has 0 saturated carbocycles. The number of benzene rings is 3. The van der Waals surface area contributed by atoms with E-state index in [2.05, 4.69) is 9.97 Å². The van der Waals surface area contributed by atoms with Crippen LogP contribution in [0.3, 0.4) is 0 Å². The number of rotatable bonds is 12. The normalized spacial score (nSPS) is 11.5. The molecule has 0 aliphatic heterocycles. The zero-order valence-corrected chi connectivity index (χ0v) is 21.8. The van der Waals surface area contributed by atoms with Gasteiger partial charge in [-0.05, 0) is 17.2 Å². The molecule has 1 aromatic heterocycles. The summed E-state index contributed by atoms with van der Waals surface area (Å²) < 4.78 is 67.1. The zero-order valence-electron chi connectivity index (χ0n) is 20.2. The summed E-state index contributed by atoms with van der Waals surface area (Å²) in [5.41, 5.74) is 0.180. The Labute approximate surface area is 224 Å². The van der Waals surface area contributed by atoms with Gasteiger partial charge in [-0.15, -0.1) is 0 Å². The molecule has 1 heterocycles. The molecule has 0 aliphatic carbocycles. The molecule has 4 rings (SSSR count). The summed E-state index contributed by atoms with van der Waals surface area (Å²) in [6, 6.07) is 19.8. The molecule has 202 valence electrons. The highest BCUT2D eigenvalue weighted by molar-refractivity contribution is 7.86. The van der Waals surface area contributed by atoms with Crippen molar-refractivity contribution in [3.05, 3.63) is 114 Å². The lowest BCUT2D eigenvalue weighted by Crippen LogP contribution is -2.16. The van der Waals surface area contributed by atoms with Crippen molar-refractivity contribution in [2.75, 3.05) is 0 Å². The molecule has 0 radical (unpaired) electrons. The Morgan fingerprint density at radius 2 is 1.23 bits per heavy atom. The molecule has 0 fully saturated rings. The van der Waals surface area contributed by atoms with Crippen LogP contribution in [0.15, 0.2) is 91.3 Å². The fourth-order valence-electron chi connectivity index (χ4n) is 3.45. The summed E-state index contributed by atoms with van der Waals surface area (Å²) in [5, 5.41) is 9.90. The minimum absolute atomic E-state index is 0.191. The van der Waals surface area contributed by atoms with E-state index in [9.17, 15) is 26.7 Å². The number of hydrogen-bond donors (Lipinski definition) is 1. The topological polar surface area (TPSA) is 159 Å². The first kappa shape index (κ1) is 27.5. The van der Waals surface area contributed by atoms with E-state index >= 15 is 0 Å². The number of carbonyl (C=O) groups is 1. The summed E-state index contributed by atoms with van der Waals surface area (Å²) in [7, 11) is -8.63. The third kappa shape index (κ3) is 7.99. The fourth-order valence-corrected chi connectivity index (χ4v) is 5.56. The van der Waals surface area contributed by atoms with Crippen LogP contribution in [0.1, 0.15) is 27.3 Å². The van der Waals surface area contributed by atoms with E-state index in [1.807, 2.05) is 0 Å². The minimum atomic E-state index is -4.39. The van der Waals surface area contributed by atoms with Crippen LogP contribution in [-0.4, -0.2) is 37.9 Å². The first-order chi connectivity index (χ1) is 18.6. The molecular weight excluding hydrogens is 548 g/mol. The second-order valence-corrected chi connectivity index (χ2v) is 11.2. The highest BCUT2D eigenvalue weighted by Crippen LogP contribution is 2.37. The van der Waals surface area contributed by atoms with Crippen LogP contribution in [0.5, 0.6) is 17.2 Å². The lowest BCUT2D eigenvalue weighted by molar-refractivity contribution is 0.0689. The van der Waals surface area contributed by atoms with Crippen molar-refractivity contribution in [3.63, 3.8) is 0 Å². The maximum absolute atomic E-state index is 12.8. The lowest BCUT2D eigenvalue weighted by Gasteiger charge is -2.16. The maximum Gasteiger partial charge on any atom is 0.343 e. The molecule has 13 heteroatoms. The standard InChI is InChI=1S/C26H22N2O9S2/c29-26(30)25-22(35-16-24-27-12-7-13-28-24)14-21(36-38(31,32)17-19-8-3-1-4-9-19)15-23(25)37-39(33,34)18-20-10-5-2-6-11-20/h1-15H,16-18H2,(H,29,30). The van der Waals surface area contributed by atoms with Crippen molar-refractivity contribution >= 4 is 26.2 Å². The largest absolute Gasteiger partial charge is 0.484 e. The van der Waals surface area contributed by atoms with Crippen LogP contribution in [0.25, 0.3) is 0 Å². The van der Waals surface area contributed by atoms with Gasteiger partial charge in [-0.2, -0.15) is 16.8 Å². The first-order valence-electron chi connectivity index (χ1n) is 11.3. The highest BCUT2D eigenvalue weighted by Gasteiger charge is 2.27. The molecule has 0 bridgehead atoms. The molecule has 11 nitrogen and oxygen atoms in total. The van der Waals surface area contributed by atoms with Crippen LogP contribution in [0.4, 0.5) is 0 Å². The summed E-state index contributed by atoms with van der Waals surface area (Å²) in [6.07, 6.45) is 2.90. The zero-order chi connectivity index (χ0) is 27.9. The van der Waals surface area contributed by atoms with Crippen LogP contribution >= 0.6 is 0 Å². The molecule has 0 aliphatic rings. The third-order valence-electron chi connectivity index (χ3n) is 5.04. The lowest BCUT2D eigenvalue weighted by atomic mass is 10.1. The number of ether oxygens (including phenoxy) is 1. The first-order valence-corrected chi connectivity index (χ1v) is 14.5. The Morgan fingerprint density at radius 1 is 0.718 bits per heavy atom. The molecule has 0 saturated heterocycles. The van der Waals surface area contributed by atoms with Gasteiger partial charge >= 0.3 is 26.2 Å². The average Bonchev–Trinajstić information content (AvgIpc) is 2.87. The van der Waals surface area contributed by atoms with Gasteiger partial charge < -0.3 is 18.2 Å².